The second-order valence-corrected chi connectivity index (χ2v) is 5.18. The molecule has 0 saturated heterocycles. The Morgan fingerprint density at radius 3 is 2.50 bits per heavy atom. The van der Waals surface area contributed by atoms with E-state index < -0.39 is 5.97 Å². The number of hydrogen-bond acceptors (Lipinski definition) is 4. The van der Waals surface area contributed by atoms with E-state index in [1.54, 1.807) is 37.4 Å². The molecule has 0 bridgehead atoms. The lowest BCUT2D eigenvalue weighted by molar-refractivity contribution is -0.132. The topological polar surface area (TPSA) is 55.8 Å². The number of carbonyl (C=O) groups excluding carboxylic acids is 2. The third-order valence-corrected chi connectivity index (χ3v) is 3.38. The highest BCUT2D eigenvalue weighted by Crippen LogP contribution is 2.14. The van der Waals surface area contributed by atoms with Crippen molar-refractivity contribution in [2.24, 2.45) is 0 Å². The van der Waals surface area contributed by atoms with Crippen LogP contribution in [0.4, 0.5) is 4.39 Å². The number of carbonyl (C=O) groups is 2. The molecule has 0 N–H and O–H groups in total. The molecule has 0 unspecified atom stereocenters. The summed E-state index contributed by atoms with van der Waals surface area (Å²) in [6.45, 7) is 0.187. The highest BCUT2D eigenvalue weighted by atomic mass is 19.1. The zero-order chi connectivity index (χ0) is 17.5. The lowest BCUT2D eigenvalue weighted by atomic mass is 10.2. The third kappa shape index (κ3) is 4.81. The van der Waals surface area contributed by atoms with Crippen LogP contribution >= 0.6 is 0 Å². The quantitative estimate of drug-likeness (QED) is 0.764. The second-order valence-electron chi connectivity index (χ2n) is 5.18. The average molecular weight is 331 g/mol. The summed E-state index contributed by atoms with van der Waals surface area (Å²) in [6, 6.07) is 12.4. The van der Waals surface area contributed by atoms with Gasteiger partial charge in [-0.1, -0.05) is 18.2 Å². The van der Waals surface area contributed by atoms with Gasteiger partial charge < -0.3 is 14.4 Å². The van der Waals surface area contributed by atoms with Crippen LogP contribution in [-0.4, -0.2) is 37.5 Å². The number of benzene rings is 2. The van der Waals surface area contributed by atoms with Gasteiger partial charge in [-0.05, 0) is 35.9 Å². The standard InChI is InChI=1S/C18H18FNO4/c1-20(11-13-6-8-15(19)9-7-13)17(21)12-24-16-5-3-4-14(10-16)18(22)23-2/h3-10H,11-12H2,1-2H3. The molecule has 2 aromatic carbocycles. The first kappa shape index (κ1) is 17.5. The molecule has 0 aromatic heterocycles. The van der Waals surface area contributed by atoms with Crippen LogP contribution in [0.5, 0.6) is 5.75 Å². The number of hydrogen-bond donors (Lipinski definition) is 0. The predicted octanol–water partition coefficient (Wildman–Crippen LogP) is 2.65. The molecule has 2 aromatic rings. The van der Waals surface area contributed by atoms with Gasteiger partial charge in [0, 0.05) is 13.6 Å². The van der Waals surface area contributed by atoms with Crippen molar-refractivity contribution in [1.82, 2.24) is 4.90 Å². The number of likely N-dealkylation sites (N-methyl/N-ethyl adjacent to an activating group) is 1. The molecule has 0 aliphatic heterocycles. The highest BCUT2D eigenvalue weighted by Gasteiger charge is 2.11. The summed E-state index contributed by atoms with van der Waals surface area (Å²) in [6.07, 6.45) is 0. The Hall–Kier alpha value is -2.89. The molecule has 24 heavy (non-hydrogen) atoms. The van der Waals surface area contributed by atoms with Crippen molar-refractivity contribution in [3.05, 3.63) is 65.5 Å². The van der Waals surface area contributed by atoms with Gasteiger partial charge in [0.15, 0.2) is 6.61 Å². The molecule has 0 heterocycles. The zero-order valence-electron chi connectivity index (χ0n) is 13.5. The van der Waals surface area contributed by atoms with Crippen LogP contribution in [0.25, 0.3) is 0 Å². The van der Waals surface area contributed by atoms with E-state index >= 15 is 0 Å². The van der Waals surface area contributed by atoms with Crippen LogP contribution in [0.15, 0.2) is 48.5 Å². The highest BCUT2D eigenvalue weighted by molar-refractivity contribution is 5.89. The van der Waals surface area contributed by atoms with E-state index in [2.05, 4.69) is 4.74 Å². The molecule has 2 rings (SSSR count). The molecule has 0 aliphatic rings. The minimum atomic E-state index is -0.472. The van der Waals surface area contributed by atoms with Crippen molar-refractivity contribution in [3.63, 3.8) is 0 Å². The monoisotopic (exact) mass is 331 g/mol. The Morgan fingerprint density at radius 2 is 1.83 bits per heavy atom. The fourth-order valence-electron chi connectivity index (χ4n) is 2.04. The van der Waals surface area contributed by atoms with Gasteiger partial charge in [0.25, 0.3) is 5.91 Å². The lowest BCUT2D eigenvalue weighted by Gasteiger charge is -2.17. The molecule has 1 amide bonds. The van der Waals surface area contributed by atoms with Gasteiger partial charge in [0.2, 0.25) is 0 Å². The van der Waals surface area contributed by atoms with E-state index in [0.29, 0.717) is 17.9 Å². The summed E-state index contributed by atoms with van der Waals surface area (Å²) in [5.74, 6) is -0.619. The van der Waals surface area contributed by atoms with Gasteiger partial charge >= 0.3 is 5.97 Å². The molecule has 6 heteroatoms. The van der Waals surface area contributed by atoms with Gasteiger partial charge in [-0.25, -0.2) is 9.18 Å². The largest absolute Gasteiger partial charge is 0.484 e. The molecule has 0 saturated carbocycles. The average Bonchev–Trinajstić information content (AvgIpc) is 2.61. The van der Waals surface area contributed by atoms with Gasteiger partial charge in [0.05, 0.1) is 12.7 Å². The zero-order valence-corrected chi connectivity index (χ0v) is 13.5. The maximum atomic E-state index is 12.9. The van der Waals surface area contributed by atoms with Crippen molar-refractivity contribution in [3.8, 4) is 5.75 Å². The van der Waals surface area contributed by atoms with E-state index in [-0.39, 0.29) is 18.3 Å². The van der Waals surface area contributed by atoms with Gasteiger partial charge in [-0.15, -0.1) is 0 Å². The Labute approximate surface area is 139 Å². The Bertz CT molecular complexity index is 715. The maximum absolute atomic E-state index is 12.9. The molecular weight excluding hydrogens is 313 g/mol. The van der Waals surface area contributed by atoms with Crippen LogP contribution in [-0.2, 0) is 16.1 Å². The smallest absolute Gasteiger partial charge is 0.337 e. The van der Waals surface area contributed by atoms with Crippen molar-refractivity contribution in [2.75, 3.05) is 20.8 Å². The van der Waals surface area contributed by atoms with E-state index in [9.17, 15) is 14.0 Å². The van der Waals surface area contributed by atoms with Crippen molar-refractivity contribution in [2.45, 2.75) is 6.54 Å². The molecule has 5 nitrogen and oxygen atoms in total. The van der Waals surface area contributed by atoms with Gasteiger partial charge in [-0.2, -0.15) is 0 Å². The summed E-state index contributed by atoms with van der Waals surface area (Å²) in [4.78, 5) is 25.0. The third-order valence-electron chi connectivity index (χ3n) is 3.38. The summed E-state index contributed by atoms with van der Waals surface area (Å²) in [5.41, 5.74) is 1.17. The molecule has 0 fully saturated rings. The van der Waals surface area contributed by atoms with Crippen LogP contribution < -0.4 is 4.74 Å². The summed E-state index contributed by atoms with van der Waals surface area (Å²) >= 11 is 0. The molecule has 0 spiro atoms. The van der Waals surface area contributed by atoms with Crippen molar-refractivity contribution < 1.29 is 23.5 Å². The van der Waals surface area contributed by atoms with E-state index in [0.717, 1.165) is 5.56 Å². The Kier molecular flexibility index (Phi) is 5.89. The summed E-state index contributed by atoms with van der Waals surface area (Å²) in [7, 11) is 2.93. The number of halogens is 1. The first-order valence-corrected chi connectivity index (χ1v) is 7.29. The maximum Gasteiger partial charge on any atom is 0.337 e. The van der Waals surface area contributed by atoms with Crippen LogP contribution in [0.2, 0.25) is 0 Å². The second kappa shape index (κ2) is 8.10. The SMILES string of the molecule is COC(=O)c1cccc(OCC(=O)N(C)Cc2ccc(F)cc2)c1. The fourth-order valence-corrected chi connectivity index (χ4v) is 2.04. The molecule has 0 atom stereocenters. The van der Waals surface area contributed by atoms with E-state index in [1.165, 1.54) is 30.2 Å². The number of nitrogens with zero attached hydrogens (tertiary/aromatic N) is 1. The Balaban J connectivity index is 1.90. The van der Waals surface area contributed by atoms with Crippen molar-refractivity contribution >= 4 is 11.9 Å². The number of amides is 1. The first-order chi connectivity index (χ1) is 11.5. The number of rotatable bonds is 6. The number of ether oxygens (including phenoxy) is 2. The number of methoxy groups -OCH3 is 1. The normalized spacial score (nSPS) is 10.1. The minimum Gasteiger partial charge on any atom is -0.484 e. The Morgan fingerprint density at radius 1 is 1.12 bits per heavy atom. The lowest BCUT2D eigenvalue weighted by Crippen LogP contribution is -2.30. The summed E-state index contributed by atoms with van der Waals surface area (Å²) in [5, 5.41) is 0. The van der Waals surface area contributed by atoms with Crippen LogP contribution in [0.3, 0.4) is 0 Å². The molecule has 126 valence electrons. The van der Waals surface area contributed by atoms with E-state index in [4.69, 9.17) is 4.74 Å². The minimum absolute atomic E-state index is 0.164. The molecule has 0 radical (unpaired) electrons. The van der Waals surface area contributed by atoms with Gasteiger partial charge in [0.1, 0.15) is 11.6 Å². The fraction of sp³-hybridized carbons (Fsp3) is 0.222. The van der Waals surface area contributed by atoms with Gasteiger partial charge in [-0.3, -0.25) is 4.79 Å². The summed E-state index contributed by atoms with van der Waals surface area (Å²) < 4.78 is 22.9. The molecule has 0 aliphatic carbocycles. The van der Waals surface area contributed by atoms with E-state index in [1.807, 2.05) is 0 Å². The van der Waals surface area contributed by atoms with Crippen LogP contribution in [0, 0.1) is 5.82 Å². The van der Waals surface area contributed by atoms with Crippen LogP contribution in [0.1, 0.15) is 15.9 Å². The van der Waals surface area contributed by atoms with Crippen molar-refractivity contribution in [1.29, 1.82) is 0 Å². The first-order valence-electron chi connectivity index (χ1n) is 7.29. The number of esters is 1. The predicted molar refractivity (Wildman–Crippen MR) is 86.2 cm³/mol. The molecular formula is C18H18FNO4.